The van der Waals surface area contributed by atoms with Crippen LogP contribution in [0.25, 0.3) is 0 Å². The summed E-state index contributed by atoms with van der Waals surface area (Å²) in [6.07, 6.45) is 3.27. The second kappa shape index (κ2) is 9.22. The predicted molar refractivity (Wildman–Crippen MR) is 96.3 cm³/mol. The molecule has 1 aliphatic heterocycles. The van der Waals surface area contributed by atoms with E-state index < -0.39 is 0 Å². The molecule has 6 nitrogen and oxygen atoms in total. The maximum atomic E-state index is 4.70. The summed E-state index contributed by atoms with van der Waals surface area (Å²) in [5.41, 5.74) is 0. The van der Waals surface area contributed by atoms with Crippen molar-refractivity contribution in [2.75, 3.05) is 19.6 Å². The number of hydrogen-bond donors (Lipinski definition) is 2. The number of fused-ring (bicyclic) bond motifs is 1. The molecule has 1 aromatic rings. The Labute approximate surface area is 144 Å². The summed E-state index contributed by atoms with van der Waals surface area (Å²) in [6.45, 7) is 9.99. The summed E-state index contributed by atoms with van der Waals surface area (Å²) in [4.78, 5) is 4.70. The number of hydrogen-bond acceptors (Lipinski definition) is 3. The highest BCUT2D eigenvalue weighted by Crippen LogP contribution is 2.19. The molecule has 2 heterocycles. The largest absolute Gasteiger partial charge is 0.357 e. The summed E-state index contributed by atoms with van der Waals surface area (Å²) >= 11 is 0. The fourth-order valence-corrected chi connectivity index (χ4v) is 2.48. The van der Waals surface area contributed by atoms with Gasteiger partial charge in [-0.1, -0.05) is 6.92 Å². The third-order valence-corrected chi connectivity index (χ3v) is 3.62. The third-order valence-electron chi connectivity index (χ3n) is 3.62. The summed E-state index contributed by atoms with van der Waals surface area (Å²) in [7, 11) is 0. The van der Waals surface area contributed by atoms with Gasteiger partial charge in [0.1, 0.15) is 11.6 Å². The molecule has 7 heteroatoms. The lowest BCUT2D eigenvalue weighted by Gasteiger charge is -2.23. The second-order valence-electron chi connectivity index (χ2n) is 5.33. The van der Waals surface area contributed by atoms with E-state index in [0.717, 1.165) is 63.0 Å². The zero-order chi connectivity index (χ0) is 14.4. The van der Waals surface area contributed by atoms with Crippen molar-refractivity contribution in [3.8, 4) is 0 Å². The highest BCUT2D eigenvalue weighted by atomic mass is 127. The Morgan fingerprint density at radius 3 is 2.86 bits per heavy atom. The van der Waals surface area contributed by atoms with Crippen molar-refractivity contribution >= 4 is 29.9 Å². The van der Waals surface area contributed by atoms with E-state index in [2.05, 4.69) is 39.2 Å². The SMILES string of the molecule is CCCNC(=NCC1CCc2nnc(C)n2C1)NCC.I. The second-order valence-corrected chi connectivity index (χ2v) is 5.33. The number of aryl methyl sites for hydroxylation is 2. The van der Waals surface area contributed by atoms with Crippen LogP contribution in [-0.2, 0) is 13.0 Å². The molecule has 1 aromatic heterocycles. The van der Waals surface area contributed by atoms with Crippen molar-refractivity contribution in [2.45, 2.75) is 46.6 Å². The highest BCUT2D eigenvalue weighted by Gasteiger charge is 2.21. The summed E-state index contributed by atoms with van der Waals surface area (Å²) in [6, 6.07) is 0. The molecule has 120 valence electrons. The molecule has 0 bridgehead atoms. The lowest BCUT2D eigenvalue weighted by Crippen LogP contribution is -2.38. The van der Waals surface area contributed by atoms with Crippen LogP contribution in [0, 0.1) is 12.8 Å². The van der Waals surface area contributed by atoms with Crippen molar-refractivity contribution in [2.24, 2.45) is 10.9 Å². The number of aliphatic imine (C=N–C) groups is 1. The van der Waals surface area contributed by atoms with Crippen LogP contribution in [0.2, 0.25) is 0 Å². The molecule has 0 aromatic carbocycles. The van der Waals surface area contributed by atoms with Gasteiger partial charge >= 0.3 is 0 Å². The Kier molecular flexibility index (Phi) is 7.98. The van der Waals surface area contributed by atoms with E-state index >= 15 is 0 Å². The van der Waals surface area contributed by atoms with Gasteiger partial charge in [0.25, 0.3) is 0 Å². The summed E-state index contributed by atoms with van der Waals surface area (Å²) in [5, 5.41) is 15.0. The van der Waals surface area contributed by atoms with E-state index in [-0.39, 0.29) is 24.0 Å². The van der Waals surface area contributed by atoms with Crippen molar-refractivity contribution in [3.05, 3.63) is 11.6 Å². The Morgan fingerprint density at radius 1 is 1.33 bits per heavy atom. The van der Waals surface area contributed by atoms with Crippen molar-refractivity contribution < 1.29 is 0 Å². The normalized spacial score (nSPS) is 17.9. The standard InChI is InChI=1S/C14H26N6.HI/c1-4-8-16-14(15-5-2)17-9-12-6-7-13-19-18-11(3)20(13)10-12;/h12H,4-10H2,1-3H3,(H2,15,16,17);1H. The number of guanidine groups is 1. The van der Waals surface area contributed by atoms with Gasteiger partial charge in [0.05, 0.1) is 0 Å². The van der Waals surface area contributed by atoms with Gasteiger partial charge in [-0.25, -0.2) is 0 Å². The van der Waals surface area contributed by atoms with Crippen LogP contribution in [0.15, 0.2) is 4.99 Å². The molecule has 2 N–H and O–H groups in total. The van der Waals surface area contributed by atoms with Crippen molar-refractivity contribution in [1.29, 1.82) is 0 Å². The molecule has 1 aliphatic rings. The van der Waals surface area contributed by atoms with E-state index in [1.54, 1.807) is 0 Å². The lowest BCUT2D eigenvalue weighted by molar-refractivity contribution is 0.369. The Morgan fingerprint density at radius 2 is 2.14 bits per heavy atom. The fraction of sp³-hybridized carbons (Fsp3) is 0.786. The predicted octanol–water partition coefficient (Wildman–Crippen LogP) is 1.73. The molecular formula is C14H27IN6. The molecule has 0 aliphatic carbocycles. The van der Waals surface area contributed by atoms with E-state index in [9.17, 15) is 0 Å². The average molecular weight is 406 g/mol. The zero-order valence-electron chi connectivity index (χ0n) is 13.2. The average Bonchev–Trinajstić information content (AvgIpc) is 2.83. The lowest BCUT2D eigenvalue weighted by atomic mass is 9.99. The number of aromatic nitrogens is 3. The number of rotatable bonds is 5. The molecule has 1 unspecified atom stereocenters. The van der Waals surface area contributed by atoms with Gasteiger partial charge in [-0.15, -0.1) is 34.2 Å². The first-order valence-corrected chi connectivity index (χ1v) is 7.65. The van der Waals surface area contributed by atoms with Crippen LogP contribution < -0.4 is 10.6 Å². The van der Waals surface area contributed by atoms with Crippen LogP contribution in [-0.4, -0.2) is 40.4 Å². The van der Waals surface area contributed by atoms with Gasteiger partial charge < -0.3 is 15.2 Å². The quantitative estimate of drug-likeness (QED) is 0.444. The molecule has 0 spiro atoms. The number of nitrogens with zero attached hydrogens (tertiary/aromatic N) is 4. The molecule has 0 saturated heterocycles. The first-order chi connectivity index (χ1) is 9.74. The highest BCUT2D eigenvalue weighted by molar-refractivity contribution is 14.0. The van der Waals surface area contributed by atoms with Crippen LogP contribution in [0.5, 0.6) is 0 Å². The smallest absolute Gasteiger partial charge is 0.191 e. The monoisotopic (exact) mass is 406 g/mol. The van der Waals surface area contributed by atoms with E-state index in [0.29, 0.717) is 5.92 Å². The first-order valence-electron chi connectivity index (χ1n) is 7.65. The van der Waals surface area contributed by atoms with Gasteiger partial charge in [0.15, 0.2) is 5.96 Å². The molecule has 0 amide bonds. The molecule has 0 saturated carbocycles. The molecule has 1 atom stereocenters. The van der Waals surface area contributed by atoms with Crippen LogP contribution in [0.3, 0.4) is 0 Å². The first kappa shape index (κ1) is 18.2. The summed E-state index contributed by atoms with van der Waals surface area (Å²) < 4.78 is 2.23. The van der Waals surface area contributed by atoms with Crippen LogP contribution >= 0.6 is 24.0 Å². The number of halogens is 1. The topological polar surface area (TPSA) is 67.1 Å². The van der Waals surface area contributed by atoms with E-state index in [1.165, 1.54) is 0 Å². The summed E-state index contributed by atoms with van der Waals surface area (Å²) in [5.74, 6) is 3.65. The fourth-order valence-electron chi connectivity index (χ4n) is 2.48. The van der Waals surface area contributed by atoms with Crippen molar-refractivity contribution in [3.63, 3.8) is 0 Å². The van der Waals surface area contributed by atoms with Gasteiger partial charge in [-0.05, 0) is 32.6 Å². The van der Waals surface area contributed by atoms with Crippen LogP contribution in [0.4, 0.5) is 0 Å². The molecular weight excluding hydrogens is 379 g/mol. The van der Waals surface area contributed by atoms with Gasteiger partial charge in [0, 0.05) is 32.6 Å². The van der Waals surface area contributed by atoms with Gasteiger partial charge in [-0.3, -0.25) is 4.99 Å². The van der Waals surface area contributed by atoms with Gasteiger partial charge in [0.2, 0.25) is 0 Å². The zero-order valence-corrected chi connectivity index (χ0v) is 15.6. The van der Waals surface area contributed by atoms with Crippen LogP contribution in [0.1, 0.15) is 38.3 Å². The molecule has 2 rings (SSSR count). The Balaban J connectivity index is 0.00000220. The maximum absolute atomic E-state index is 4.70. The molecule has 0 fully saturated rings. The molecule has 21 heavy (non-hydrogen) atoms. The number of nitrogens with one attached hydrogen (secondary N) is 2. The van der Waals surface area contributed by atoms with Gasteiger partial charge in [-0.2, -0.15) is 0 Å². The third kappa shape index (κ3) is 5.12. The Hall–Kier alpha value is -0.860. The minimum atomic E-state index is 0. The Bertz CT molecular complexity index is 456. The minimum Gasteiger partial charge on any atom is -0.357 e. The molecule has 0 radical (unpaired) electrons. The van der Waals surface area contributed by atoms with E-state index in [1.807, 2.05) is 6.92 Å². The van der Waals surface area contributed by atoms with E-state index in [4.69, 9.17) is 4.99 Å². The minimum absolute atomic E-state index is 0. The maximum Gasteiger partial charge on any atom is 0.191 e. The van der Waals surface area contributed by atoms with Crippen molar-refractivity contribution in [1.82, 2.24) is 25.4 Å².